The number of halogens is 2. The second kappa shape index (κ2) is 12.8. The van der Waals surface area contributed by atoms with Gasteiger partial charge in [0.1, 0.15) is 17.9 Å². The second-order valence-electron chi connectivity index (χ2n) is 6.60. The largest absolute Gasteiger partial charge is 0.385 e. The Hall–Kier alpha value is -3.81. The zero-order chi connectivity index (χ0) is 24.3. The zero-order valence-corrected chi connectivity index (χ0v) is 18.8. The van der Waals surface area contributed by atoms with Gasteiger partial charge in [0.2, 0.25) is 0 Å². The molecule has 32 heavy (non-hydrogen) atoms. The highest BCUT2D eigenvalue weighted by molar-refractivity contribution is 5.95. The molecule has 1 aromatic carbocycles. The van der Waals surface area contributed by atoms with Crippen molar-refractivity contribution in [3.05, 3.63) is 88.8 Å². The summed E-state index contributed by atoms with van der Waals surface area (Å²) in [4.78, 5) is 26.0. The summed E-state index contributed by atoms with van der Waals surface area (Å²) in [6.45, 7) is 9.00. The van der Waals surface area contributed by atoms with Crippen LogP contribution in [0.15, 0.2) is 60.5 Å². The number of rotatable bonds is 7. The first-order chi connectivity index (χ1) is 15.2. The Morgan fingerprint density at radius 1 is 1.16 bits per heavy atom. The summed E-state index contributed by atoms with van der Waals surface area (Å²) in [5, 5.41) is 8.87. The molecular weight excluding hydrogens is 414 g/mol. The maximum Gasteiger partial charge on any atom is 0.252 e. The number of hydrogen-bond acceptors (Lipinski definition) is 5. The SMILES string of the molecule is C=C/C(C)=C(\C=C/C)Nc1ncc(C(=O)NC)cc1NC.Cc1c(F)cc(C=O)cc1F. The molecule has 0 spiro atoms. The standard InChI is InChI=1S/C16H22N4O.C8H6F2O/c1-6-8-13(11(3)7-2)20-15-14(17-4)9-12(10-19-15)16(21)18-5;1-5-7(9)2-6(4-11)3-8(5)10/h6-10,17H,2H2,1,3-5H3,(H,18,21)(H,19,20);2-4H,1H3/b8-6-,13-11+;. The summed E-state index contributed by atoms with van der Waals surface area (Å²) < 4.78 is 25.3. The normalized spacial score (nSPS) is 11.1. The van der Waals surface area contributed by atoms with Crippen molar-refractivity contribution in [2.75, 3.05) is 24.7 Å². The van der Waals surface area contributed by atoms with Gasteiger partial charge in [-0.1, -0.05) is 18.7 Å². The van der Waals surface area contributed by atoms with E-state index >= 15 is 0 Å². The molecule has 170 valence electrons. The van der Waals surface area contributed by atoms with Crippen LogP contribution in [0.1, 0.15) is 40.1 Å². The Bertz CT molecular complexity index is 1020. The van der Waals surface area contributed by atoms with Gasteiger partial charge in [-0.15, -0.1) is 0 Å². The van der Waals surface area contributed by atoms with Crippen LogP contribution in [0.3, 0.4) is 0 Å². The van der Waals surface area contributed by atoms with Gasteiger partial charge in [-0.2, -0.15) is 0 Å². The highest BCUT2D eigenvalue weighted by Crippen LogP contribution is 2.23. The smallest absolute Gasteiger partial charge is 0.252 e. The van der Waals surface area contributed by atoms with Gasteiger partial charge in [-0.05, 0) is 50.6 Å². The van der Waals surface area contributed by atoms with Gasteiger partial charge in [0.15, 0.2) is 5.82 Å². The first-order valence-corrected chi connectivity index (χ1v) is 9.76. The highest BCUT2D eigenvalue weighted by Gasteiger charge is 2.10. The molecule has 0 aliphatic heterocycles. The summed E-state index contributed by atoms with van der Waals surface area (Å²) >= 11 is 0. The summed E-state index contributed by atoms with van der Waals surface area (Å²) in [7, 11) is 3.38. The molecular formula is C24H28F2N4O2. The topological polar surface area (TPSA) is 83.1 Å². The van der Waals surface area contributed by atoms with Crippen LogP contribution in [0.4, 0.5) is 20.3 Å². The number of pyridine rings is 1. The van der Waals surface area contributed by atoms with Crippen LogP contribution in [-0.4, -0.2) is 31.3 Å². The van der Waals surface area contributed by atoms with Crippen LogP contribution in [0.25, 0.3) is 0 Å². The molecule has 0 fully saturated rings. The lowest BCUT2D eigenvalue weighted by atomic mass is 10.1. The maximum absolute atomic E-state index is 12.6. The Labute approximate surface area is 187 Å². The van der Waals surface area contributed by atoms with Gasteiger partial charge >= 0.3 is 0 Å². The minimum atomic E-state index is -0.688. The summed E-state index contributed by atoms with van der Waals surface area (Å²) in [6.07, 6.45) is 7.61. The number of nitrogens with one attached hydrogen (secondary N) is 3. The summed E-state index contributed by atoms with van der Waals surface area (Å²) in [5.74, 6) is -0.893. The summed E-state index contributed by atoms with van der Waals surface area (Å²) in [6, 6.07) is 3.77. The summed E-state index contributed by atoms with van der Waals surface area (Å²) in [5.41, 5.74) is 3.12. The van der Waals surface area contributed by atoms with Crippen molar-refractivity contribution >= 4 is 23.7 Å². The molecule has 0 atom stereocenters. The number of benzene rings is 1. The maximum atomic E-state index is 12.6. The van der Waals surface area contributed by atoms with E-state index in [1.54, 1.807) is 32.4 Å². The van der Waals surface area contributed by atoms with Gasteiger partial charge in [-0.3, -0.25) is 9.59 Å². The van der Waals surface area contributed by atoms with Crippen molar-refractivity contribution in [3.8, 4) is 0 Å². The molecule has 0 aliphatic rings. The third-order valence-electron chi connectivity index (χ3n) is 4.40. The number of carbonyl (C=O) groups excluding carboxylic acids is 2. The van der Waals surface area contributed by atoms with Gasteiger partial charge < -0.3 is 16.0 Å². The lowest BCUT2D eigenvalue weighted by molar-refractivity contribution is 0.0962. The average Bonchev–Trinajstić information content (AvgIpc) is 2.81. The average molecular weight is 443 g/mol. The molecule has 2 rings (SSSR count). The second-order valence-corrected chi connectivity index (χ2v) is 6.60. The number of amides is 1. The van der Waals surface area contributed by atoms with E-state index in [-0.39, 0.29) is 17.0 Å². The molecule has 0 radical (unpaired) electrons. The molecule has 1 aromatic heterocycles. The van der Waals surface area contributed by atoms with E-state index < -0.39 is 11.6 Å². The Morgan fingerprint density at radius 3 is 2.25 bits per heavy atom. The molecule has 0 saturated heterocycles. The van der Waals surface area contributed by atoms with Gasteiger partial charge in [0.25, 0.3) is 5.91 Å². The number of nitrogens with zero attached hydrogens (tertiary/aromatic N) is 1. The number of hydrogen-bond donors (Lipinski definition) is 3. The van der Waals surface area contributed by atoms with Crippen molar-refractivity contribution in [2.24, 2.45) is 0 Å². The van der Waals surface area contributed by atoms with Crippen LogP contribution in [0.5, 0.6) is 0 Å². The van der Waals surface area contributed by atoms with Gasteiger partial charge in [0, 0.05) is 37.1 Å². The molecule has 0 unspecified atom stereocenters. The molecule has 3 N–H and O–H groups in total. The van der Waals surface area contributed by atoms with Crippen molar-refractivity contribution in [2.45, 2.75) is 20.8 Å². The predicted octanol–water partition coefficient (Wildman–Crippen LogP) is 5.02. The Balaban J connectivity index is 0.000000389. The zero-order valence-electron chi connectivity index (χ0n) is 18.8. The molecule has 2 aromatic rings. The fourth-order valence-electron chi connectivity index (χ4n) is 2.43. The highest BCUT2D eigenvalue weighted by atomic mass is 19.1. The van der Waals surface area contributed by atoms with Crippen LogP contribution in [0, 0.1) is 18.6 Å². The molecule has 6 nitrogen and oxygen atoms in total. The first-order valence-electron chi connectivity index (χ1n) is 9.76. The van der Waals surface area contributed by atoms with Crippen LogP contribution in [-0.2, 0) is 0 Å². The number of aromatic nitrogens is 1. The van der Waals surface area contributed by atoms with E-state index in [4.69, 9.17) is 0 Å². The van der Waals surface area contributed by atoms with Crippen molar-refractivity contribution in [1.29, 1.82) is 0 Å². The van der Waals surface area contributed by atoms with E-state index in [1.807, 2.05) is 26.0 Å². The first kappa shape index (κ1) is 26.2. The van der Waals surface area contributed by atoms with Crippen molar-refractivity contribution in [1.82, 2.24) is 10.3 Å². The number of allylic oxidation sites excluding steroid dienone is 4. The quantitative estimate of drug-likeness (QED) is 0.414. The lowest BCUT2D eigenvalue weighted by Crippen LogP contribution is -2.18. The van der Waals surface area contributed by atoms with E-state index in [1.165, 1.54) is 6.92 Å². The third kappa shape index (κ3) is 7.16. The minimum Gasteiger partial charge on any atom is -0.385 e. The predicted molar refractivity (Wildman–Crippen MR) is 125 cm³/mol. The van der Waals surface area contributed by atoms with Crippen LogP contribution in [0.2, 0.25) is 0 Å². The molecule has 0 aliphatic carbocycles. The molecule has 0 saturated carbocycles. The van der Waals surface area contributed by atoms with Gasteiger partial charge in [0.05, 0.1) is 11.3 Å². The monoisotopic (exact) mass is 442 g/mol. The van der Waals surface area contributed by atoms with Crippen molar-refractivity contribution < 1.29 is 18.4 Å². The minimum absolute atomic E-state index is 0.0191. The van der Waals surface area contributed by atoms with E-state index in [9.17, 15) is 18.4 Å². The van der Waals surface area contributed by atoms with Crippen molar-refractivity contribution in [3.63, 3.8) is 0 Å². The fourth-order valence-corrected chi connectivity index (χ4v) is 2.43. The van der Waals surface area contributed by atoms with Crippen LogP contribution >= 0.6 is 0 Å². The number of anilines is 2. The van der Waals surface area contributed by atoms with Crippen LogP contribution < -0.4 is 16.0 Å². The Kier molecular flexibility index (Phi) is 10.5. The van der Waals surface area contributed by atoms with E-state index in [0.29, 0.717) is 17.7 Å². The fraction of sp³-hybridized carbons (Fsp3) is 0.208. The van der Waals surface area contributed by atoms with E-state index in [2.05, 4.69) is 27.5 Å². The molecule has 1 heterocycles. The Morgan fingerprint density at radius 2 is 1.78 bits per heavy atom. The molecule has 1 amide bonds. The van der Waals surface area contributed by atoms with E-state index in [0.717, 1.165) is 29.1 Å². The third-order valence-corrected chi connectivity index (χ3v) is 4.40. The number of aldehydes is 1. The number of carbonyl (C=O) groups is 2. The molecule has 0 bridgehead atoms. The van der Waals surface area contributed by atoms with Gasteiger partial charge in [-0.25, -0.2) is 13.8 Å². The lowest BCUT2D eigenvalue weighted by Gasteiger charge is -2.14. The molecule has 8 heteroatoms.